The molecule has 1 heterocycles. The van der Waals surface area contributed by atoms with E-state index in [-0.39, 0.29) is 16.5 Å². The van der Waals surface area contributed by atoms with Crippen LogP contribution in [0.2, 0.25) is 0 Å². The fourth-order valence-electron chi connectivity index (χ4n) is 2.17. The number of carboxylic acids is 1. The molecule has 0 atom stereocenters. The number of hydrogen-bond acceptors (Lipinski definition) is 4. The molecule has 0 aliphatic heterocycles. The van der Waals surface area contributed by atoms with Crippen molar-refractivity contribution in [2.75, 3.05) is 12.8 Å². The highest BCUT2D eigenvalue weighted by molar-refractivity contribution is 8.00. The van der Waals surface area contributed by atoms with Crippen molar-refractivity contribution in [2.45, 2.75) is 30.6 Å². The quantitative estimate of drug-likeness (QED) is 0.746. The minimum Gasteiger partial charge on any atom is -0.477 e. The van der Waals surface area contributed by atoms with Crippen LogP contribution in [-0.2, 0) is 6.54 Å². The Morgan fingerprint density at radius 3 is 2.62 bits per heavy atom. The van der Waals surface area contributed by atoms with Gasteiger partial charge in [-0.25, -0.2) is 14.6 Å². The first-order valence-corrected chi connectivity index (χ1v) is 8.02. The smallest absolute Gasteiger partial charge is 0.354 e. The lowest BCUT2D eigenvalue weighted by Crippen LogP contribution is -2.47. The van der Waals surface area contributed by atoms with Crippen molar-refractivity contribution in [1.29, 1.82) is 0 Å². The van der Waals surface area contributed by atoms with Gasteiger partial charge in [0.15, 0.2) is 0 Å². The lowest BCUT2D eigenvalue weighted by atomic mass is 9.84. The van der Waals surface area contributed by atoms with Crippen LogP contribution in [0.3, 0.4) is 0 Å². The van der Waals surface area contributed by atoms with Gasteiger partial charge in [0, 0.05) is 24.0 Å². The zero-order chi connectivity index (χ0) is 15.3. The summed E-state index contributed by atoms with van der Waals surface area (Å²) in [6, 6.07) is 2.86. The van der Waals surface area contributed by atoms with E-state index in [1.54, 1.807) is 6.07 Å². The van der Waals surface area contributed by atoms with Crippen molar-refractivity contribution in [3.8, 4) is 0 Å². The molecule has 6 nitrogen and oxygen atoms in total. The summed E-state index contributed by atoms with van der Waals surface area (Å²) in [5.74, 6) is -1.06. The number of nitrogens with zero attached hydrogens (tertiary/aromatic N) is 1. The van der Waals surface area contributed by atoms with Crippen LogP contribution >= 0.6 is 11.8 Å². The number of carboxylic acid groups (broad SMARTS) is 1. The number of thioether (sulfide) groups is 1. The molecule has 0 bridgehead atoms. The number of rotatable bonds is 6. The molecule has 1 aromatic rings. The predicted molar refractivity (Wildman–Crippen MR) is 81.5 cm³/mol. The van der Waals surface area contributed by atoms with E-state index in [0.29, 0.717) is 13.1 Å². The molecule has 1 aliphatic rings. The third-order valence-electron chi connectivity index (χ3n) is 3.77. The van der Waals surface area contributed by atoms with Gasteiger partial charge in [0.05, 0.1) is 0 Å². The predicted octanol–water partition coefficient (Wildman–Crippen LogP) is 1.86. The molecule has 7 heteroatoms. The Labute approximate surface area is 127 Å². The molecule has 0 aromatic carbocycles. The minimum atomic E-state index is -1.06. The maximum Gasteiger partial charge on any atom is 0.354 e. The molecule has 1 aromatic heterocycles. The Kier molecular flexibility index (Phi) is 5.06. The largest absolute Gasteiger partial charge is 0.477 e. The number of carbonyl (C=O) groups is 2. The molecule has 1 aliphatic carbocycles. The van der Waals surface area contributed by atoms with Crippen molar-refractivity contribution in [2.24, 2.45) is 0 Å². The molecule has 1 saturated carbocycles. The summed E-state index contributed by atoms with van der Waals surface area (Å²) in [4.78, 5) is 26.2. The standard InChI is InChI=1S/C14H19N3O3S/c1-21-14(5-2-6-14)9-17-13(20)16-8-10-3-4-11(12(18)19)15-7-10/h3-4,7H,2,5-6,8-9H2,1H3,(H,18,19)(H2,16,17,20). The molecule has 0 unspecified atom stereocenters. The lowest BCUT2D eigenvalue weighted by Gasteiger charge is -2.40. The number of amides is 2. The summed E-state index contributed by atoms with van der Waals surface area (Å²) in [5.41, 5.74) is 0.758. The van der Waals surface area contributed by atoms with E-state index in [4.69, 9.17) is 5.11 Å². The van der Waals surface area contributed by atoms with Gasteiger partial charge in [-0.2, -0.15) is 11.8 Å². The van der Waals surface area contributed by atoms with E-state index in [1.807, 2.05) is 11.8 Å². The first-order chi connectivity index (χ1) is 10.0. The summed E-state index contributed by atoms with van der Waals surface area (Å²) in [6.07, 6.45) is 7.06. The molecule has 2 amide bonds. The number of carbonyl (C=O) groups excluding carboxylic acids is 1. The van der Waals surface area contributed by atoms with Gasteiger partial charge in [-0.3, -0.25) is 0 Å². The van der Waals surface area contributed by atoms with Crippen LogP contribution in [0.25, 0.3) is 0 Å². The highest BCUT2D eigenvalue weighted by Gasteiger charge is 2.36. The zero-order valence-electron chi connectivity index (χ0n) is 11.9. The maximum absolute atomic E-state index is 11.7. The zero-order valence-corrected chi connectivity index (χ0v) is 12.7. The van der Waals surface area contributed by atoms with Crippen LogP contribution in [-0.4, -0.2) is 39.6 Å². The summed E-state index contributed by atoms with van der Waals surface area (Å²) < 4.78 is 0.210. The highest BCUT2D eigenvalue weighted by atomic mass is 32.2. The van der Waals surface area contributed by atoms with E-state index in [2.05, 4.69) is 21.9 Å². The number of aromatic carboxylic acids is 1. The second-order valence-electron chi connectivity index (χ2n) is 5.13. The van der Waals surface area contributed by atoms with Crippen molar-refractivity contribution >= 4 is 23.8 Å². The molecule has 114 valence electrons. The molecule has 3 N–H and O–H groups in total. The number of nitrogens with one attached hydrogen (secondary N) is 2. The van der Waals surface area contributed by atoms with Gasteiger partial charge < -0.3 is 15.7 Å². The molecule has 0 saturated heterocycles. The minimum absolute atomic E-state index is 0.00454. The monoisotopic (exact) mass is 309 g/mol. The van der Waals surface area contributed by atoms with Gasteiger partial charge in [-0.15, -0.1) is 0 Å². The average Bonchev–Trinajstić information content (AvgIpc) is 2.45. The van der Waals surface area contributed by atoms with Gasteiger partial charge in [0.2, 0.25) is 0 Å². The second kappa shape index (κ2) is 6.80. The molecular formula is C14H19N3O3S. The van der Waals surface area contributed by atoms with Crippen LogP contribution in [0.1, 0.15) is 35.3 Å². The Morgan fingerprint density at radius 2 is 2.14 bits per heavy atom. The second-order valence-corrected chi connectivity index (χ2v) is 6.41. The molecule has 0 radical (unpaired) electrons. The average molecular weight is 309 g/mol. The van der Waals surface area contributed by atoms with Crippen molar-refractivity contribution in [1.82, 2.24) is 15.6 Å². The summed E-state index contributed by atoms with van der Waals surface area (Å²) in [7, 11) is 0. The van der Waals surface area contributed by atoms with Crippen LogP contribution in [0.4, 0.5) is 4.79 Å². The van der Waals surface area contributed by atoms with Crippen LogP contribution < -0.4 is 10.6 Å². The van der Waals surface area contributed by atoms with E-state index < -0.39 is 5.97 Å². The Bertz CT molecular complexity index is 509. The summed E-state index contributed by atoms with van der Waals surface area (Å²) >= 11 is 1.81. The first-order valence-electron chi connectivity index (χ1n) is 6.80. The summed E-state index contributed by atoms with van der Waals surface area (Å²) in [6.45, 7) is 1.00. The molecular weight excluding hydrogens is 290 g/mol. The molecule has 2 rings (SSSR count). The summed E-state index contributed by atoms with van der Waals surface area (Å²) in [5, 5.41) is 14.4. The number of hydrogen-bond donors (Lipinski definition) is 3. The molecule has 21 heavy (non-hydrogen) atoms. The van der Waals surface area contributed by atoms with Gasteiger partial charge in [-0.1, -0.05) is 12.5 Å². The number of aromatic nitrogens is 1. The highest BCUT2D eigenvalue weighted by Crippen LogP contribution is 2.42. The van der Waals surface area contributed by atoms with E-state index >= 15 is 0 Å². The topological polar surface area (TPSA) is 91.3 Å². The Morgan fingerprint density at radius 1 is 1.38 bits per heavy atom. The van der Waals surface area contributed by atoms with Gasteiger partial charge in [0.25, 0.3) is 0 Å². The molecule has 1 fully saturated rings. The van der Waals surface area contributed by atoms with Crippen molar-refractivity contribution in [3.63, 3.8) is 0 Å². The number of urea groups is 1. The number of pyridine rings is 1. The normalized spacial score (nSPS) is 15.9. The fourth-order valence-corrected chi connectivity index (χ4v) is 3.08. The molecule has 0 spiro atoms. The van der Waals surface area contributed by atoms with Crippen molar-refractivity contribution < 1.29 is 14.7 Å². The van der Waals surface area contributed by atoms with Gasteiger partial charge in [-0.05, 0) is 30.7 Å². The van der Waals surface area contributed by atoms with Crippen molar-refractivity contribution in [3.05, 3.63) is 29.6 Å². The first kappa shape index (κ1) is 15.6. The third kappa shape index (κ3) is 4.10. The van der Waals surface area contributed by atoms with Crippen LogP contribution in [0, 0.1) is 0 Å². The van der Waals surface area contributed by atoms with Gasteiger partial charge in [0.1, 0.15) is 5.69 Å². The van der Waals surface area contributed by atoms with E-state index in [0.717, 1.165) is 18.4 Å². The maximum atomic E-state index is 11.7. The van der Waals surface area contributed by atoms with Gasteiger partial charge >= 0.3 is 12.0 Å². The Hall–Kier alpha value is -1.76. The Balaban J connectivity index is 1.74. The third-order valence-corrected chi connectivity index (χ3v) is 5.18. The SMILES string of the molecule is CSC1(CNC(=O)NCc2ccc(C(=O)O)nc2)CCC1. The fraction of sp³-hybridized carbons (Fsp3) is 0.500. The van der Waals surface area contributed by atoms with Crippen LogP contribution in [0.5, 0.6) is 0 Å². The van der Waals surface area contributed by atoms with E-state index in [9.17, 15) is 9.59 Å². The lowest BCUT2D eigenvalue weighted by molar-refractivity contribution is 0.0690. The van der Waals surface area contributed by atoms with Crippen LogP contribution in [0.15, 0.2) is 18.3 Å². The van der Waals surface area contributed by atoms with E-state index in [1.165, 1.54) is 18.7 Å².